The zero-order valence-electron chi connectivity index (χ0n) is 10.7. The summed E-state index contributed by atoms with van der Waals surface area (Å²) in [7, 11) is -4.27. The van der Waals surface area contributed by atoms with Crippen LogP contribution >= 0.6 is 0 Å². The van der Waals surface area contributed by atoms with Gasteiger partial charge in [0.2, 0.25) is 0 Å². The lowest BCUT2D eigenvalue weighted by Gasteiger charge is -2.32. The van der Waals surface area contributed by atoms with Gasteiger partial charge in [0.25, 0.3) is 10.1 Å². The van der Waals surface area contributed by atoms with E-state index >= 15 is 0 Å². The van der Waals surface area contributed by atoms with Crippen LogP contribution in [0.5, 0.6) is 0 Å². The first kappa shape index (κ1) is 18.7. The van der Waals surface area contributed by atoms with E-state index in [1.165, 1.54) is 0 Å². The molecule has 0 rings (SSSR count). The number of aliphatic hydroxyl groups excluding tert-OH is 4. The van der Waals surface area contributed by atoms with Crippen LogP contribution in [0.3, 0.4) is 0 Å². The molecule has 0 aliphatic carbocycles. The van der Waals surface area contributed by atoms with E-state index in [0.29, 0.717) is 12.8 Å². The van der Waals surface area contributed by atoms with Crippen molar-refractivity contribution in [3.8, 4) is 0 Å². The van der Waals surface area contributed by atoms with Gasteiger partial charge in [-0.15, -0.1) is 0 Å². The van der Waals surface area contributed by atoms with E-state index in [9.17, 15) is 13.5 Å². The predicted molar refractivity (Wildman–Crippen MR) is 68.3 cm³/mol. The number of rotatable bonds is 11. The summed E-state index contributed by atoms with van der Waals surface area (Å²) in [5.41, 5.74) is 0. The van der Waals surface area contributed by atoms with E-state index in [2.05, 4.69) is 0 Å². The minimum Gasteiger partial charge on any atom is -0.396 e. The first-order chi connectivity index (χ1) is 8.84. The molecule has 5 N–H and O–H groups in total. The number of hydrogen-bond acceptors (Lipinski definition) is 7. The summed E-state index contributed by atoms with van der Waals surface area (Å²) in [5, 5.41) is 36.4. The van der Waals surface area contributed by atoms with Crippen molar-refractivity contribution in [2.24, 2.45) is 0 Å². The van der Waals surface area contributed by atoms with E-state index in [-0.39, 0.29) is 39.0 Å². The lowest BCUT2D eigenvalue weighted by Crippen LogP contribution is -2.44. The lowest BCUT2D eigenvalue weighted by atomic mass is 10.1. The Morgan fingerprint density at radius 2 is 1.53 bits per heavy atom. The van der Waals surface area contributed by atoms with Gasteiger partial charge in [0.1, 0.15) is 5.75 Å². The van der Waals surface area contributed by atoms with E-state index in [0.717, 1.165) is 0 Å². The molecule has 0 aromatic carbocycles. The third-order valence-electron chi connectivity index (χ3n) is 2.68. The van der Waals surface area contributed by atoms with Gasteiger partial charge in [0.15, 0.2) is 0 Å². The maximum atomic E-state index is 10.6. The summed E-state index contributed by atoms with van der Waals surface area (Å²) in [5.74, 6) is -0.792. The van der Waals surface area contributed by atoms with E-state index in [1.54, 1.807) is 4.90 Å². The minimum absolute atomic E-state index is 0.0784. The summed E-state index contributed by atoms with van der Waals surface area (Å²) in [6, 6.07) is -0.279. The Balaban J connectivity index is 4.59. The van der Waals surface area contributed by atoms with Gasteiger partial charge in [-0.1, -0.05) is 0 Å². The third kappa shape index (κ3) is 9.27. The molecule has 9 heteroatoms. The highest BCUT2D eigenvalue weighted by molar-refractivity contribution is 7.85. The molecule has 19 heavy (non-hydrogen) atoms. The van der Waals surface area contributed by atoms with E-state index in [1.807, 2.05) is 0 Å². The van der Waals surface area contributed by atoms with Gasteiger partial charge in [-0.3, -0.25) is 9.45 Å². The van der Waals surface area contributed by atoms with Crippen LogP contribution in [0.25, 0.3) is 0 Å². The summed E-state index contributed by atoms with van der Waals surface area (Å²) in [4.78, 5) is 1.59. The average molecular weight is 301 g/mol. The van der Waals surface area contributed by atoms with Gasteiger partial charge in [-0.2, -0.15) is 8.42 Å². The molecule has 1 atom stereocenters. The lowest BCUT2D eigenvalue weighted by molar-refractivity contribution is 0.0615. The monoisotopic (exact) mass is 301 g/mol. The van der Waals surface area contributed by atoms with Gasteiger partial charge < -0.3 is 20.4 Å². The Morgan fingerprint density at radius 3 is 1.89 bits per heavy atom. The summed E-state index contributed by atoms with van der Waals surface area (Å²) in [6.45, 7) is -0.355. The summed E-state index contributed by atoms with van der Waals surface area (Å²) in [6.07, 6.45) is -0.639. The smallest absolute Gasteiger partial charge is 0.267 e. The molecular formula is C10H23NO7S. The largest absolute Gasteiger partial charge is 0.396 e. The average Bonchev–Trinajstić information content (AvgIpc) is 2.25. The van der Waals surface area contributed by atoms with Crippen molar-refractivity contribution in [3.63, 3.8) is 0 Å². The third-order valence-corrected chi connectivity index (χ3v) is 3.48. The molecule has 8 nitrogen and oxygen atoms in total. The van der Waals surface area contributed by atoms with Gasteiger partial charge in [-0.25, -0.2) is 0 Å². The fourth-order valence-electron chi connectivity index (χ4n) is 1.93. The zero-order valence-corrected chi connectivity index (χ0v) is 11.5. The maximum absolute atomic E-state index is 10.6. The van der Waals surface area contributed by atoms with E-state index < -0.39 is 22.0 Å². The molecule has 0 heterocycles. The molecule has 0 radical (unpaired) electrons. The molecule has 0 bridgehead atoms. The molecular weight excluding hydrogens is 278 g/mol. The van der Waals surface area contributed by atoms with Crippen LogP contribution in [0.4, 0.5) is 0 Å². The van der Waals surface area contributed by atoms with Crippen molar-refractivity contribution in [1.29, 1.82) is 0 Å². The SMILES string of the molecule is O=S(=O)(O)CC(O)CN(CCO)C(CCO)CCO. The fraction of sp³-hybridized carbons (Fsp3) is 1.00. The van der Waals surface area contributed by atoms with Crippen molar-refractivity contribution in [2.75, 3.05) is 38.7 Å². The van der Waals surface area contributed by atoms with Crippen LogP contribution in [0.15, 0.2) is 0 Å². The molecule has 0 fully saturated rings. The van der Waals surface area contributed by atoms with Gasteiger partial charge in [0.05, 0.1) is 12.7 Å². The molecule has 116 valence electrons. The van der Waals surface area contributed by atoms with Crippen molar-refractivity contribution in [1.82, 2.24) is 4.90 Å². The van der Waals surface area contributed by atoms with Crippen molar-refractivity contribution >= 4 is 10.1 Å². The highest BCUT2D eigenvalue weighted by Crippen LogP contribution is 2.10. The van der Waals surface area contributed by atoms with Gasteiger partial charge >= 0.3 is 0 Å². The molecule has 1 unspecified atom stereocenters. The topological polar surface area (TPSA) is 139 Å². The zero-order chi connectivity index (χ0) is 14.9. The number of hydrogen-bond donors (Lipinski definition) is 5. The maximum Gasteiger partial charge on any atom is 0.267 e. The Kier molecular flexibility index (Phi) is 9.44. The quantitative estimate of drug-likeness (QED) is 0.268. The molecule has 0 saturated carbocycles. The number of aliphatic hydroxyl groups is 4. The standard InChI is InChI=1S/C10H23NO7S/c12-4-1-9(2-5-13)11(3-6-14)7-10(15)8-19(16,17)18/h9-10,12-15H,1-8H2,(H,16,17,18). The Morgan fingerprint density at radius 1 is 1.00 bits per heavy atom. The molecule has 0 aromatic heterocycles. The van der Waals surface area contributed by atoms with Crippen LogP contribution in [-0.4, -0.2) is 89.1 Å². The van der Waals surface area contributed by atoms with Crippen LogP contribution in [0.2, 0.25) is 0 Å². The Hall–Kier alpha value is -0.290. The molecule has 0 spiro atoms. The van der Waals surface area contributed by atoms with Gasteiger partial charge in [0, 0.05) is 32.3 Å². The van der Waals surface area contributed by atoms with Crippen LogP contribution in [0.1, 0.15) is 12.8 Å². The molecule has 0 amide bonds. The second kappa shape index (κ2) is 9.59. The Labute approximate surface area is 113 Å². The van der Waals surface area contributed by atoms with Crippen molar-refractivity contribution in [2.45, 2.75) is 25.0 Å². The first-order valence-electron chi connectivity index (χ1n) is 6.04. The first-order valence-corrected chi connectivity index (χ1v) is 7.64. The van der Waals surface area contributed by atoms with Crippen LogP contribution in [-0.2, 0) is 10.1 Å². The molecule has 0 aliphatic heterocycles. The summed E-state index contributed by atoms with van der Waals surface area (Å²) >= 11 is 0. The second-order valence-electron chi connectivity index (χ2n) is 4.30. The predicted octanol–water partition coefficient (Wildman–Crippen LogP) is -2.34. The van der Waals surface area contributed by atoms with Crippen molar-refractivity contribution < 1.29 is 33.4 Å². The molecule has 0 aliphatic rings. The second-order valence-corrected chi connectivity index (χ2v) is 5.80. The minimum atomic E-state index is -4.27. The van der Waals surface area contributed by atoms with Crippen molar-refractivity contribution in [3.05, 3.63) is 0 Å². The van der Waals surface area contributed by atoms with Gasteiger partial charge in [-0.05, 0) is 12.8 Å². The highest BCUT2D eigenvalue weighted by atomic mass is 32.2. The van der Waals surface area contributed by atoms with E-state index in [4.69, 9.17) is 19.9 Å². The summed E-state index contributed by atoms with van der Waals surface area (Å²) < 4.78 is 29.9. The van der Waals surface area contributed by atoms with Crippen LogP contribution < -0.4 is 0 Å². The molecule has 0 saturated heterocycles. The Bertz CT molecular complexity index is 316. The highest BCUT2D eigenvalue weighted by Gasteiger charge is 2.22. The normalized spacial score (nSPS) is 14.3. The fourth-order valence-corrected chi connectivity index (χ4v) is 2.52. The number of nitrogens with zero attached hydrogens (tertiary/aromatic N) is 1. The van der Waals surface area contributed by atoms with Crippen LogP contribution in [0, 0.1) is 0 Å². The molecule has 0 aromatic rings.